The molecule has 6 heteroatoms. The van der Waals surface area contributed by atoms with E-state index in [1.807, 2.05) is 0 Å². The second-order valence-electron chi connectivity index (χ2n) is 1.95. The van der Waals surface area contributed by atoms with E-state index >= 15 is 0 Å². The molecule has 0 fully saturated rings. The van der Waals surface area contributed by atoms with Gasteiger partial charge < -0.3 is 0 Å². The lowest BCUT2D eigenvalue weighted by molar-refractivity contribution is -0.380. The number of ketones is 1. The van der Waals surface area contributed by atoms with Gasteiger partial charge in [-0.05, 0) is 6.07 Å². The van der Waals surface area contributed by atoms with Gasteiger partial charge in [-0.3, -0.25) is 14.9 Å². The number of hydrogen-bond donors (Lipinski definition) is 0. The summed E-state index contributed by atoms with van der Waals surface area (Å²) in [6.45, 7) is 0. The third-order valence-electron chi connectivity index (χ3n) is 1.17. The van der Waals surface area contributed by atoms with Crippen LogP contribution in [0.15, 0.2) is 12.1 Å². The number of carbonyl (C=O) groups is 1. The maximum absolute atomic E-state index is 11.0. The first-order valence-electron chi connectivity index (χ1n) is 2.98. The van der Waals surface area contributed by atoms with E-state index in [1.165, 1.54) is 12.1 Å². The molecule has 0 amide bonds. The predicted octanol–water partition coefficient (Wildman–Crippen LogP) is 2.23. The Morgan fingerprint density at radius 2 is 2.33 bits per heavy atom. The van der Waals surface area contributed by atoms with E-state index in [-0.39, 0.29) is 16.1 Å². The predicted molar refractivity (Wildman–Crippen MR) is 49.1 cm³/mol. The largest absolute Gasteiger partial charge is 0.324 e. The minimum Gasteiger partial charge on any atom is -0.292 e. The number of rotatable bonds is 3. The minimum absolute atomic E-state index is 0.000648. The molecule has 0 unspecified atom stereocenters. The van der Waals surface area contributed by atoms with Gasteiger partial charge in [-0.15, -0.1) is 0 Å². The number of alkyl halides is 1. The van der Waals surface area contributed by atoms with Crippen molar-refractivity contribution < 1.29 is 9.72 Å². The highest BCUT2D eigenvalue weighted by molar-refractivity contribution is 9.09. The van der Waals surface area contributed by atoms with Crippen LogP contribution in [0.5, 0.6) is 0 Å². The molecule has 0 aliphatic rings. The maximum atomic E-state index is 11.0. The smallest absolute Gasteiger partial charge is 0.292 e. The first kappa shape index (κ1) is 9.34. The van der Waals surface area contributed by atoms with Crippen LogP contribution in [-0.2, 0) is 0 Å². The van der Waals surface area contributed by atoms with Crippen molar-refractivity contribution in [1.29, 1.82) is 0 Å². The third-order valence-corrected chi connectivity index (χ3v) is 2.76. The molecule has 0 radical (unpaired) electrons. The second kappa shape index (κ2) is 3.77. The average molecular weight is 250 g/mol. The summed E-state index contributed by atoms with van der Waals surface area (Å²) < 4.78 is 0. The molecule has 4 nitrogen and oxygen atoms in total. The normalized spacial score (nSPS) is 9.75. The molecule has 0 N–H and O–H groups in total. The summed E-state index contributed by atoms with van der Waals surface area (Å²) in [5.74, 6) is -0.131. The van der Waals surface area contributed by atoms with E-state index < -0.39 is 4.92 Å². The molecular formula is C6H4BrNO3S. The standard InChI is InChI=1S/C6H4BrNO3S/c7-3-4(9)5-1-2-6(12-5)8(10)11/h1-2H,3H2. The highest BCUT2D eigenvalue weighted by Crippen LogP contribution is 2.24. The van der Waals surface area contributed by atoms with Gasteiger partial charge >= 0.3 is 5.00 Å². The van der Waals surface area contributed by atoms with E-state index in [0.29, 0.717) is 4.88 Å². The summed E-state index contributed by atoms with van der Waals surface area (Å²) in [7, 11) is 0. The van der Waals surface area contributed by atoms with Crippen LogP contribution in [0.3, 0.4) is 0 Å². The Balaban J connectivity index is 2.91. The Kier molecular flexibility index (Phi) is 2.93. The number of nitro groups is 1. The third kappa shape index (κ3) is 1.89. The van der Waals surface area contributed by atoms with Crippen molar-refractivity contribution in [2.45, 2.75) is 0 Å². The average Bonchev–Trinajstić information content (AvgIpc) is 2.51. The Labute approximate surface area is 80.5 Å². The molecule has 0 saturated carbocycles. The quantitative estimate of drug-likeness (QED) is 0.357. The van der Waals surface area contributed by atoms with E-state index in [4.69, 9.17) is 0 Å². The zero-order chi connectivity index (χ0) is 9.14. The molecule has 1 rings (SSSR count). The lowest BCUT2D eigenvalue weighted by Crippen LogP contribution is -1.94. The van der Waals surface area contributed by atoms with Crippen molar-refractivity contribution in [3.05, 3.63) is 27.1 Å². The summed E-state index contributed by atoms with van der Waals surface area (Å²) in [4.78, 5) is 21.1. The van der Waals surface area contributed by atoms with Gasteiger partial charge in [0, 0.05) is 6.07 Å². The fraction of sp³-hybridized carbons (Fsp3) is 0.167. The SMILES string of the molecule is O=C(CBr)c1ccc([N+](=O)[O-])s1. The second-order valence-corrected chi connectivity index (χ2v) is 3.57. The first-order valence-corrected chi connectivity index (χ1v) is 4.92. The van der Waals surface area contributed by atoms with Gasteiger partial charge in [-0.25, -0.2) is 0 Å². The molecule has 1 aromatic rings. The molecule has 0 aromatic carbocycles. The molecule has 0 spiro atoms. The van der Waals surface area contributed by atoms with Crippen LogP contribution in [-0.4, -0.2) is 16.0 Å². The van der Waals surface area contributed by atoms with Gasteiger partial charge in [-0.2, -0.15) is 0 Å². The Morgan fingerprint density at radius 1 is 1.67 bits per heavy atom. The summed E-state index contributed by atoms with van der Waals surface area (Å²) in [6, 6.07) is 2.80. The molecule has 0 atom stereocenters. The van der Waals surface area contributed by atoms with E-state index in [9.17, 15) is 14.9 Å². The molecular weight excluding hydrogens is 246 g/mol. The van der Waals surface area contributed by atoms with Gasteiger partial charge in [0.05, 0.1) is 15.1 Å². The Bertz CT molecular complexity index is 322. The van der Waals surface area contributed by atoms with Crippen molar-refractivity contribution in [2.75, 3.05) is 5.33 Å². The summed E-state index contributed by atoms with van der Waals surface area (Å²) >= 11 is 3.88. The van der Waals surface area contributed by atoms with Crippen LogP contribution in [0.25, 0.3) is 0 Å². The highest BCUT2D eigenvalue weighted by Gasteiger charge is 2.13. The lowest BCUT2D eigenvalue weighted by Gasteiger charge is -1.85. The monoisotopic (exact) mass is 249 g/mol. The topological polar surface area (TPSA) is 60.2 Å². The fourth-order valence-electron chi connectivity index (χ4n) is 0.642. The van der Waals surface area contributed by atoms with E-state index in [2.05, 4.69) is 15.9 Å². The van der Waals surface area contributed by atoms with Gasteiger partial charge in [0.2, 0.25) is 0 Å². The first-order chi connectivity index (χ1) is 5.65. The van der Waals surface area contributed by atoms with Crippen LogP contribution in [0.2, 0.25) is 0 Å². The summed E-state index contributed by atoms with van der Waals surface area (Å²) in [5.41, 5.74) is 0. The number of halogens is 1. The zero-order valence-corrected chi connectivity index (χ0v) is 8.22. The van der Waals surface area contributed by atoms with E-state index in [0.717, 1.165) is 11.3 Å². The minimum atomic E-state index is -0.504. The van der Waals surface area contributed by atoms with Crippen molar-refractivity contribution >= 4 is 38.1 Å². The molecule has 0 aliphatic heterocycles. The molecule has 64 valence electrons. The highest BCUT2D eigenvalue weighted by atomic mass is 79.9. The summed E-state index contributed by atoms with van der Waals surface area (Å²) in [6.07, 6.45) is 0. The van der Waals surface area contributed by atoms with Crippen molar-refractivity contribution in [3.8, 4) is 0 Å². The lowest BCUT2D eigenvalue weighted by atomic mass is 10.4. The Morgan fingerprint density at radius 3 is 2.75 bits per heavy atom. The molecule has 0 bridgehead atoms. The summed E-state index contributed by atoms with van der Waals surface area (Å²) in [5, 5.41) is 10.4. The van der Waals surface area contributed by atoms with Gasteiger partial charge in [0.25, 0.3) is 0 Å². The van der Waals surface area contributed by atoms with E-state index in [1.54, 1.807) is 0 Å². The zero-order valence-electron chi connectivity index (χ0n) is 5.82. The maximum Gasteiger partial charge on any atom is 0.324 e. The van der Waals surface area contributed by atoms with Crippen LogP contribution in [0, 0.1) is 10.1 Å². The number of carbonyl (C=O) groups excluding carboxylic acids is 1. The molecule has 1 aromatic heterocycles. The molecule has 0 saturated heterocycles. The Hall–Kier alpha value is -0.750. The molecule has 1 heterocycles. The fourth-order valence-corrected chi connectivity index (χ4v) is 1.89. The number of thiophene rings is 1. The van der Waals surface area contributed by atoms with Crippen molar-refractivity contribution in [1.82, 2.24) is 0 Å². The van der Waals surface area contributed by atoms with Crippen LogP contribution in [0.4, 0.5) is 5.00 Å². The number of nitrogens with zero attached hydrogens (tertiary/aromatic N) is 1. The number of Topliss-reactive ketones (excluding diaryl/α,β-unsaturated/α-hetero) is 1. The van der Waals surface area contributed by atoms with Crippen molar-refractivity contribution in [2.24, 2.45) is 0 Å². The molecule has 0 aliphatic carbocycles. The van der Waals surface area contributed by atoms with Gasteiger partial charge in [0.15, 0.2) is 5.78 Å². The van der Waals surface area contributed by atoms with Crippen LogP contribution in [0.1, 0.15) is 9.67 Å². The van der Waals surface area contributed by atoms with Gasteiger partial charge in [0.1, 0.15) is 0 Å². The van der Waals surface area contributed by atoms with Gasteiger partial charge in [-0.1, -0.05) is 27.3 Å². The number of hydrogen-bond acceptors (Lipinski definition) is 4. The molecule has 12 heavy (non-hydrogen) atoms. The van der Waals surface area contributed by atoms with Crippen LogP contribution >= 0.6 is 27.3 Å². The van der Waals surface area contributed by atoms with Crippen molar-refractivity contribution in [3.63, 3.8) is 0 Å². The van der Waals surface area contributed by atoms with Crippen LogP contribution < -0.4 is 0 Å².